The van der Waals surface area contributed by atoms with Gasteiger partial charge in [0.1, 0.15) is 17.4 Å². The van der Waals surface area contributed by atoms with E-state index in [2.05, 4.69) is 15.6 Å². The van der Waals surface area contributed by atoms with Crippen molar-refractivity contribution in [2.45, 2.75) is 31.3 Å². The zero-order chi connectivity index (χ0) is 18.8. The lowest BCUT2D eigenvalue weighted by atomic mass is 10.1. The number of fused-ring (bicyclic) bond motifs is 1. The average molecular weight is 366 g/mol. The van der Waals surface area contributed by atoms with Crippen LogP contribution in [0.15, 0.2) is 54.9 Å². The van der Waals surface area contributed by atoms with Crippen molar-refractivity contribution in [1.82, 2.24) is 20.0 Å². The number of carbonyl (C=O) groups excluding carboxylic acids is 2. The van der Waals surface area contributed by atoms with Crippen LogP contribution in [0.1, 0.15) is 29.0 Å². The molecule has 0 bridgehead atoms. The van der Waals surface area contributed by atoms with Crippen molar-refractivity contribution in [2.75, 3.05) is 0 Å². The Kier molecular flexibility index (Phi) is 4.58. The van der Waals surface area contributed by atoms with Gasteiger partial charge in [0.15, 0.2) is 0 Å². The second-order valence-corrected chi connectivity index (χ2v) is 6.69. The van der Waals surface area contributed by atoms with Crippen molar-refractivity contribution in [3.05, 3.63) is 72.1 Å². The third-order valence-electron chi connectivity index (χ3n) is 4.55. The molecule has 3 aromatic rings. The molecule has 1 aromatic carbocycles. The summed E-state index contributed by atoms with van der Waals surface area (Å²) >= 11 is 0. The second-order valence-electron chi connectivity index (χ2n) is 6.69. The Hall–Kier alpha value is -3.22. The molecule has 1 unspecified atom stereocenters. The molecular formula is C20H19FN4O2. The van der Waals surface area contributed by atoms with Crippen molar-refractivity contribution in [1.29, 1.82) is 0 Å². The monoisotopic (exact) mass is 366 g/mol. The number of benzene rings is 1. The molecule has 4 rings (SSSR count). The van der Waals surface area contributed by atoms with E-state index in [1.54, 1.807) is 6.20 Å². The van der Waals surface area contributed by atoms with Crippen molar-refractivity contribution in [3.8, 4) is 0 Å². The van der Waals surface area contributed by atoms with Gasteiger partial charge in [-0.2, -0.15) is 0 Å². The number of nitrogens with one attached hydrogen (secondary N) is 2. The first-order chi connectivity index (χ1) is 13.1. The van der Waals surface area contributed by atoms with Crippen LogP contribution < -0.4 is 10.6 Å². The van der Waals surface area contributed by atoms with E-state index in [1.807, 2.05) is 30.3 Å². The van der Waals surface area contributed by atoms with Gasteiger partial charge in [-0.05, 0) is 30.5 Å². The highest BCUT2D eigenvalue weighted by molar-refractivity contribution is 5.96. The fourth-order valence-corrected chi connectivity index (χ4v) is 2.97. The maximum atomic E-state index is 13.8. The van der Waals surface area contributed by atoms with Gasteiger partial charge in [0.05, 0.1) is 6.20 Å². The van der Waals surface area contributed by atoms with Crippen molar-refractivity contribution in [2.24, 2.45) is 0 Å². The number of pyridine rings is 1. The number of amides is 2. The predicted octanol–water partition coefficient (Wildman–Crippen LogP) is 2.09. The number of hydrogen-bond acceptors (Lipinski definition) is 3. The standard InChI is InChI=1S/C20H19FN4O2/c21-15-7-4-10-25-17(15)12-22-18(25)20(27)24-16(19(26)23-14-8-9-14)11-13-5-2-1-3-6-13/h1-7,10,12,14,16H,8-9,11H2,(H,23,26)(H,24,27). The molecule has 2 N–H and O–H groups in total. The van der Waals surface area contributed by atoms with Crippen LogP contribution in [-0.2, 0) is 11.2 Å². The lowest BCUT2D eigenvalue weighted by molar-refractivity contribution is -0.123. The summed E-state index contributed by atoms with van der Waals surface area (Å²) in [6.45, 7) is 0. The number of aromatic nitrogens is 2. The second kappa shape index (κ2) is 7.19. The third kappa shape index (κ3) is 3.81. The van der Waals surface area contributed by atoms with E-state index >= 15 is 0 Å². The predicted molar refractivity (Wildman–Crippen MR) is 97.7 cm³/mol. The van der Waals surface area contributed by atoms with E-state index in [9.17, 15) is 14.0 Å². The number of rotatable bonds is 6. The first-order valence-corrected chi connectivity index (χ1v) is 8.88. The Morgan fingerprint density at radius 1 is 1.19 bits per heavy atom. The molecule has 2 heterocycles. The number of imidazole rings is 1. The van der Waals surface area contributed by atoms with Crippen LogP contribution in [0.2, 0.25) is 0 Å². The van der Waals surface area contributed by atoms with E-state index in [0.29, 0.717) is 6.42 Å². The largest absolute Gasteiger partial charge is 0.352 e. The molecule has 1 aliphatic rings. The maximum absolute atomic E-state index is 13.8. The Morgan fingerprint density at radius 2 is 1.96 bits per heavy atom. The molecule has 1 aliphatic carbocycles. The molecule has 138 valence electrons. The van der Waals surface area contributed by atoms with Crippen LogP contribution in [0.4, 0.5) is 4.39 Å². The minimum Gasteiger partial charge on any atom is -0.352 e. The zero-order valence-corrected chi connectivity index (χ0v) is 14.6. The molecule has 2 amide bonds. The van der Waals surface area contributed by atoms with Crippen LogP contribution in [0, 0.1) is 5.82 Å². The van der Waals surface area contributed by atoms with Gasteiger partial charge in [-0.3, -0.25) is 14.0 Å². The maximum Gasteiger partial charge on any atom is 0.288 e. The van der Waals surface area contributed by atoms with Crippen LogP contribution in [0.5, 0.6) is 0 Å². The van der Waals surface area contributed by atoms with Crippen LogP contribution in [0.3, 0.4) is 0 Å². The molecule has 0 aliphatic heterocycles. The van der Waals surface area contributed by atoms with E-state index in [4.69, 9.17) is 0 Å². The van der Waals surface area contributed by atoms with Gasteiger partial charge in [-0.1, -0.05) is 30.3 Å². The van der Waals surface area contributed by atoms with Gasteiger partial charge in [0.2, 0.25) is 11.7 Å². The topological polar surface area (TPSA) is 75.5 Å². The molecular weight excluding hydrogens is 347 g/mol. The van der Waals surface area contributed by atoms with Gasteiger partial charge in [0, 0.05) is 18.7 Å². The highest BCUT2D eigenvalue weighted by atomic mass is 19.1. The van der Waals surface area contributed by atoms with E-state index in [-0.39, 0.29) is 23.3 Å². The number of nitrogens with zero attached hydrogens (tertiary/aromatic N) is 2. The molecule has 27 heavy (non-hydrogen) atoms. The van der Waals surface area contributed by atoms with Gasteiger partial charge in [-0.15, -0.1) is 0 Å². The first-order valence-electron chi connectivity index (χ1n) is 8.88. The molecule has 1 saturated carbocycles. The van der Waals surface area contributed by atoms with Gasteiger partial charge < -0.3 is 10.6 Å². The van der Waals surface area contributed by atoms with Crippen molar-refractivity contribution in [3.63, 3.8) is 0 Å². The van der Waals surface area contributed by atoms with Crippen LogP contribution in [-0.4, -0.2) is 33.3 Å². The molecule has 2 aromatic heterocycles. The smallest absolute Gasteiger partial charge is 0.288 e. The van der Waals surface area contributed by atoms with Crippen LogP contribution >= 0.6 is 0 Å². The summed E-state index contributed by atoms with van der Waals surface area (Å²) in [5.74, 6) is -1.16. The van der Waals surface area contributed by atoms with Crippen molar-refractivity contribution >= 4 is 17.3 Å². The van der Waals surface area contributed by atoms with E-state index < -0.39 is 17.8 Å². The Balaban J connectivity index is 1.56. The minimum atomic E-state index is -0.735. The fourth-order valence-electron chi connectivity index (χ4n) is 2.97. The zero-order valence-electron chi connectivity index (χ0n) is 14.6. The molecule has 0 saturated heterocycles. The quantitative estimate of drug-likeness (QED) is 0.701. The number of hydrogen-bond donors (Lipinski definition) is 2. The minimum absolute atomic E-state index is 0.0433. The Morgan fingerprint density at radius 3 is 2.70 bits per heavy atom. The number of carbonyl (C=O) groups is 2. The highest BCUT2D eigenvalue weighted by Crippen LogP contribution is 2.19. The normalized spacial score (nSPS) is 14.7. The number of halogens is 1. The summed E-state index contributed by atoms with van der Waals surface area (Å²) in [5, 5.41) is 5.69. The van der Waals surface area contributed by atoms with E-state index in [0.717, 1.165) is 18.4 Å². The van der Waals surface area contributed by atoms with Gasteiger partial charge >= 0.3 is 0 Å². The third-order valence-corrected chi connectivity index (χ3v) is 4.55. The molecule has 0 radical (unpaired) electrons. The first kappa shape index (κ1) is 17.2. The Bertz CT molecular complexity index is 982. The summed E-state index contributed by atoms with van der Waals surface area (Å²) in [4.78, 5) is 29.4. The highest BCUT2D eigenvalue weighted by Gasteiger charge is 2.29. The summed E-state index contributed by atoms with van der Waals surface area (Å²) in [6, 6.07) is 11.7. The van der Waals surface area contributed by atoms with Gasteiger partial charge in [0.25, 0.3) is 5.91 Å². The van der Waals surface area contributed by atoms with Crippen molar-refractivity contribution < 1.29 is 14.0 Å². The lowest BCUT2D eigenvalue weighted by Gasteiger charge is -2.18. The molecule has 0 spiro atoms. The SMILES string of the molecule is O=C(NC(Cc1ccccc1)C(=O)NC1CC1)c1ncc2c(F)cccn12. The summed E-state index contributed by atoms with van der Waals surface area (Å²) < 4.78 is 15.2. The molecule has 1 atom stereocenters. The molecule has 6 nitrogen and oxygen atoms in total. The summed E-state index contributed by atoms with van der Waals surface area (Å²) in [7, 11) is 0. The summed E-state index contributed by atoms with van der Waals surface area (Å²) in [5.41, 5.74) is 1.15. The molecule has 7 heteroatoms. The summed E-state index contributed by atoms with van der Waals surface area (Å²) in [6.07, 6.45) is 5.16. The fraction of sp³-hybridized carbons (Fsp3) is 0.250. The lowest BCUT2D eigenvalue weighted by Crippen LogP contribution is -2.49. The molecule has 1 fully saturated rings. The average Bonchev–Trinajstić information content (AvgIpc) is 3.37. The van der Waals surface area contributed by atoms with E-state index in [1.165, 1.54) is 22.7 Å². The van der Waals surface area contributed by atoms with Crippen LogP contribution in [0.25, 0.3) is 5.52 Å². The Labute approximate surface area is 155 Å². The van der Waals surface area contributed by atoms with Gasteiger partial charge in [-0.25, -0.2) is 9.37 Å².